The molecule has 2 aromatic carbocycles. The van der Waals surface area contributed by atoms with Crippen LogP contribution in [0.3, 0.4) is 0 Å². The van der Waals surface area contributed by atoms with Crippen molar-refractivity contribution < 1.29 is 29.4 Å². The molecule has 226 valence electrons. The highest BCUT2D eigenvalue weighted by atomic mass is 16.4. The predicted molar refractivity (Wildman–Crippen MR) is 160 cm³/mol. The van der Waals surface area contributed by atoms with Crippen LogP contribution in [0.5, 0.6) is 5.75 Å². The minimum absolute atomic E-state index is 0.0178. The molecular formula is C31H41N5O6. The number of carboxylic acid groups (broad SMARTS) is 1. The van der Waals surface area contributed by atoms with Gasteiger partial charge in [-0.1, -0.05) is 64.4 Å². The number of aromatic amines is 1. The number of fused-ring (bicyclic) bond motifs is 1. The van der Waals surface area contributed by atoms with Gasteiger partial charge in [-0.2, -0.15) is 0 Å². The predicted octanol–water partition coefficient (Wildman–Crippen LogP) is 2.23. The molecule has 0 bridgehead atoms. The summed E-state index contributed by atoms with van der Waals surface area (Å²) >= 11 is 0. The molecular weight excluding hydrogens is 538 g/mol. The Hall–Kier alpha value is -4.38. The number of phenols is 1. The summed E-state index contributed by atoms with van der Waals surface area (Å²) in [6.07, 6.45) is 2.42. The number of aromatic hydroxyl groups is 1. The van der Waals surface area contributed by atoms with Gasteiger partial charge in [0.05, 0.1) is 6.04 Å². The van der Waals surface area contributed by atoms with E-state index in [4.69, 9.17) is 5.73 Å². The molecule has 8 N–H and O–H groups in total. The lowest BCUT2D eigenvalue weighted by Crippen LogP contribution is -2.59. The van der Waals surface area contributed by atoms with Crippen LogP contribution in [0, 0.1) is 11.8 Å². The van der Waals surface area contributed by atoms with Crippen molar-refractivity contribution in [1.29, 1.82) is 0 Å². The molecule has 3 amide bonds. The summed E-state index contributed by atoms with van der Waals surface area (Å²) in [7, 11) is 0. The number of hydrogen-bond acceptors (Lipinski definition) is 6. The zero-order chi connectivity index (χ0) is 31.0. The van der Waals surface area contributed by atoms with Gasteiger partial charge in [0.1, 0.15) is 23.9 Å². The van der Waals surface area contributed by atoms with Crippen LogP contribution in [-0.2, 0) is 32.0 Å². The number of para-hydroxylation sites is 1. The number of aliphatic carboxylic acids is 1. The van der Waals surface area contributed by atoms with Gasteiger partial charge in [-0.3, -0.25) is 14.4 Å². The molecule has 1 aromatic heterocycles. The Morgan fingerprint density at radius 3 is 2.07 bits per heavy atom. The average molecular weight is 580 g/mol. The largest absolute Gasteiger partial charge is 0.508 e. The van der Waals surface area contributed by atoms with Crippen LogP contribution >= 0.6 is 0 Å². The molecule has 0 fully saturated rings. The lowest BCUT2D eigenvalue weighted by molar-refractivity contribution is -0.143. The SMILES string of the molecule is CCC(C)C(NC(=O)C(Cc1ccc(O)cc1)NC(=O)C(Cc1c[nH]c2ccccc12)NC(=O)C(N)C(C)C)C(=O)O. The Labute approximate surface area is 245 Å². The van der Waals surface area contributed by atoms with Crippen molar-refractivity contribution in [1.82, 2.24) is 20.9 Å². The zero-order valence-corrected chi connectivity index (χ0v) is 24.4. The molecule has 0 saturated heterocycles. The molecule has 1 heterocycles. The van der Waals surface area contributed by atoms with E-state index in [-0.39, 0.29) is 30.4 Å². The molecule has 3 rings (SSSR count). The van der Waals surface area contributed by atoms with E-state index >= 15 is 0 Å². The molecule has 0 aliphatic rings. The number of rotatable bonds is 14. The lowest BCUT2D eigenvalue weighted by Gasteiger charge is -2.27. The summed E-state index contributed by atoms with van der Waals surface area (Å²) < 4.78 is 0. The summed E-state index contributed by atoms with van der Waals surface area (Å²) in [4.78, 5) is 55.3. The Morgan fingerprint density at radius 1 is 0.857 bits per heavy atom. The summed E-state index contributed by atoms with van der Waals surface area (Å²) in [6.45, 7) is 7.14. The van der Waals surface area contributed by atoms with Gasteiger partial charge in [-0.25, -0.2) is 4.79 Å². The first kappa shape index (κ1) is 32.1. The fourth-order valence-electron chi connectivity index (χ4n) is 4.59. The van der Waals surface area contributed by atoms with Gasteiger partial charge < -0.3 is 36.9 Å². The number of carboxylic acids is 1. The van der Waals surface area contributed by atoms with Crippen LogP contribution < -0.4 is 21.7 Å². The molecule has 0 aliphatic heterocycles. The van der Waals surface area contributed by atoms with E-state index in [9.17, 15) is 29.4 Å². The molecule has 11 nitrogen and oxygen atoms in total. The van der Waals surface area contributed by atoms with Crippen LogP contribution in [0.2, 0.25) is 0 Å². The van der Waals surface area contributed by atoms with Gasteiger partial charge in [0.25, 0.3) is 0 Å². The van der Waals surface area contributed by atoms with Crippen LogP contribution in [0.1, 0.15) is 45.2 Å². The van der Waals surface area contributed by atoms with Crippen molar-refractivity contribution in [3.8, 4) is 5.75 Å². The lowest BCUT2D eigenvalue weighted by atomic mass is 9.97. The van der Waals surface area contributed by atoms with Gasteiger partial charge in [0.2, 0.25) is 17.7 Å². The van der Waals surface area contributed by atoms with Crippen molar-refractivity contribution >= 4 is 34.6 Å². The molecule has 5 atom stereocenters. The quantitative estimate of drug-likeness (QED) is 0.152. The fourth-order valence-corrected chi connectivity index (χ4v) is 4.59. The molecule has 3 aromatic rings. The summed E-state index contributed by atoms with van der Waals surface area (Å²) in [5, 5.41) is 28.4. The number of H-pyrrole nitrogens is 1. The van der Waals surface area contributed by atoms with Crippen molar-refractivity contribution in [2.75, 3.05) is 0 Å². The standard InChI is InChI=1S/C31H41N5O6/c1-5-18(4)27(31(41)42)36-29(39)24(14-19-10-12-21(37)13-11-19)34-28(38)25(35-30(40)26(32)17(2)3)15-20-16-33-23-9-7-6-8-22(20)23/h6-13,16-18,24-27,33,37H,5,14-15,32H2,1-4H3,(H,34,38)(H,35,40)(H,36,39)(H,41,42). The van der Waals surface area contributed by atoms with E-state index in [2.05, 4.69) is 20.9 Å². The number of benzene rings is 2. The Bertz CT molecular complexity index is 1390. The maximum Gasteiger partial charge on any atom is 0.326 e. The maximum absolute atomic E-state index is 13.8. The van der Waals surface area contributed by atoms with E-state index in [0.29, 0.717) is 12.0 Å². The summed E-state index contributed by atoms with van der Waals surface area (Å²) in [5.41, 5.74) is 8.35. The maximum atomic E-state index is 13.8. The third-order valence-corrected chi connectivity index (χ3v) is 7.54. The van der Waals surface area contributed by atoms with Gasteiger partial charge in [0.15, 0.2) is 0 Å². The third-order valence-electron chi connectivity index (χ3n) is 7.54. The topological polar surface area (TPSA) is 187 Å². The monoisotopic (exact) mass is 579 g/mol. The Morgan fingerprint density at radius 2 is 1.45 bits per heavy atom. The molecule has 5 unspecified atom stereocenters. The highest BCUT2D eigenvalue weighted by Crippen LogP contribution is 2.20. The second-order valence-corrected chi connectivity index (χ2v) is 11.0. The molecule has 42 heavy (non-hydrogen) atoms. The number of phenolic OH excluding ortho intramolecular Hbond substituents is 1. The molecule has 0 spiro atoms. The first-order valence-corrected chi connectivity index (χ1v) is 14.1. The van der Waals surface area contributed by atoms with E-state index < -0.39 is 47.9 Å². The second kappa shape index (κ2) is 14.5. The number of nitrogens with two attached hydrogens (primary N) is 1. The summed E-state index contributed by atoms with van der Waals surface area (Å²) in [6, 6.07) is 9.42. The van der Waals surface area contributed by atoms with Crippen LogP contribution in [0.15, 0.2) is 54.7 Å². The zero-order valence-electron chi connectivity index (χ0n) is 24.4. The van der Waals surface area contributed by atoms with E-state index in [0.717, 1.165) is 16.5 Å². The fraction of sp³-hybridized carbons (Fsp3) is 0.419. The normalized spacial score (nSPS) is 14.9. The Balaban J connectivity index is 1.92. The molecule has 0 radical (unpaired) electrons. The van der Waals surface area contributed by atoms with Crippen molar-refractivity contribution in [3.05, 3.63) is 65.9 Å². The van der Waals surface area contributed by atoms with Gasteiger partial charge in [-0.05, 0) is 41.2 Å². The van der Waals surface area contributed by atoms with E-state index in [1.165, 1.54) is 12.1 Å². The number of hydrogen-bond donors (Lipinski definition) is 7. The van der Waals surface area contributed by atoms with Gasteiger partial charge in [-0.15, -0.1) is 0 Å². The highest BCUT2D eigenvalue weighted by Gasteiger charge is 2.32. The minimum atomic E-state index is -1.18. The number of carbonyl (C=O) groups is 4. The highest BCUT2D eigenvalue weighted by molar-refractivity contribution is 5.95. The Kier molecular flexibility index (Phi) is 11.1. The molecule has 0 aliphatic carbocycles. The van der Waals surface area contributed by atoms with Crippen LogP contribution in [0.4, 0.5) is 0 Å². The van der Waals surface area contributed by atoms with E-state index in [1.807, 2.05) is 31.2 Å². The summed E-state index contributed by atoms with van der Waals surface area (Å²) in [5.74, 6) is -3.49. The number of nitrogens with one attached hydrogen (secondary N) is 4. The second-order valence-electron chi connectivity index (χ2n) is 11.0. The van der Waals surface area contributed by atoms with E-state index in [1.54, 1.807) is 39.1 Å². The van der Waals surface area contributed by atoms with Crippen molar-refractivity contribution in [2.24, 2.45) is 17.6 Å². The first-order chi connectivity index (χ1) is 19.9. The number of carbonyl (C=O) groups excluding carboxylic acids is 3. The smallest absolute Gasteiger partial charge is 0.326 e. The molecule has 0 saturated carbocycles. The van der Waals surface area contributed by atoms with Crippen molar-refractivity contribution in [2.45, 2.75) is 71.1 Å². The van der Waals surface area contributed by atoms with Crippen molar-refractivity contribution in [3.63, 3.8) is 0 Å². The van der Waals surface area contributed by atoms with Crippen LogP contribution in [0.25, 0.3) is 10.9 Å². The van der Waals surface area contributed by atoms with Gasteiger partial charge >= 0.3 is 5.97 Å². The molecule has 11 heteroatoms. The number of aromatic nitrogens is 1. The van der Waals surface area contributed by atoms with Crippen LogP contribution in [-0.4, -0.2) is 63.1 Å². The average Bonchev–Trinajstić information content (AvgIpc) is 3.37. The van der Waals surface area contributed by atoms with Gasteiger partial charge in [0, 0.05) is 29.9 Å². The first-order valence-electron chi connectivity index (χ1n) is 14.1. The number of amides is 3. The third kappa shape index (κ3) is 8.32. The minimum Gasteiger partial charge on any atom is -0.508 e.